The van der Waals surface area contributed by atoms with E-state index in [1.807, 2.05) is 12.1 Å². The smallest absolute Gasteiger partial charge is 0.164 e. The van der Waals surface area contributed by atoms with Crippen LogP contribution in [-0.4, -0.2) is 44.9 Å². The largest absolute Gasteiger partial charge is 0.496 e. The highest BCUT2D eigenvalue weighted by Gasteiger charge is 2.28. The number of nitrogens with zero attached hydrogens (tertiary/aromatic N) is 1. The fourth-order valence-electron chi connectivity index (χ4n) is 2.69. The summed E-state index contributed by atoms with van der Waals surface area (Å²) in [6.07, 6.45) is 1.04. The highest BCUT2D eigenvalue weighted by atomic mass is 16.5. The third kappa shape index (κ3) is 2.83. The van der Waals surface area contributed by atoms with Crippen LogP contribution in [0.1, 0.15) is 18.9 Å². The van der Waals surface area contributed by atoms with E-state index in [-0.39, 0.29) is 6.04 Å². The molecule has 1 heterocycles. The van der Waals surface area contributed by atoms with Gasteiger partial charge in [-0.3, -0.25) is 4.90 Å². The normalized spacial score (nSPS) is 22.9. The van der Waals surface area contributed by atoms with Crippen LogP contribution in [0.15, 0.2) is 12.1 Å². The summed E-state index contributed by atoms with van der Waals surface area (Å²) < 4.78 is 16.1. The molecular weight excluding hydrogens is 256 g/mol. The molecule has 20 heavy (non-hydrogen) atoms. The molecular formula is C15H24N2O3. The molecule has 5 nitrogen and oxygen atoms in total. The zero-order valence-corrected chi connectivity index (χ0v) is 12.7. The first-order valence-electron chi connectivity index (χ1n) is 6.89. The molecule has 2 unspecified atom stereocenters. The SMILES string of the molecule is COc1cc(OC)c(OC)cc1CN1CCC(N)C1C. The second-order valence-corrected chi connectivity index (χ2v) is 5.18. The second-order valence-electron chi connectivity index (χ2n) is 5.18. The van der Waals surface area contributed by atoms with Crippen molar-refractivity contribution >= 4 is 0 Å². The maximum Gasteiger partial charge on any atom is 0.164 e. The van der Waals surface area contributed by atoms with Gasteiger partial charge in [0.1, 0.15) is 5.75 Å². The lowest BCUT2D eigenvalue weighted by Crippen LogP contribution is -2.36. The van der Waals surface area contributed by atoms with Gasteiger partial charge in [-0.2, -0.15) is 0 Å². The summed E-state index contributed by atoms with van der Waals surface area (Å²) in [7, 11) is 4.94. The van der Waals surface area contributed by atoms with E-state index in [0.29, 0.717) is 11.8 Å². The van der Waals surface area contributed by atoms with E-state index < -0.39 is 0 Å². The van der Waals surface area contributed by atoms with Crippen LogP contribution < -0.4 is 19.9 Å². The van der Waals surface area contributed by atoms with E-state index >= 15 is 0 Å². The Bertz CT molecular complexity index is 465. The summed E-state index contributed by atoms with van der Waals surface area (Å²) in [4.78, 5) is 2.37. The van der Waals surface area contributed by atoms with Crippen LogP contribution >= 0.6 is 0 Å². The van der Waals surface area contributed by atoms with Gasteiger partial charge in [0, 0.05) is 36.8 Å². The molecule has 0 aromatic heterocycles. The average Bonchev–Trinajstić information content (AvgIpc) is 2.78. The minimum Gasteiger partial charge on any atom is -0.496 e. The van der Waals surface area contributed by atoms with Crippen molar-refractivity contribution in [1.82, 2.24) is 4.90 Å². The van der Waals surface area contributed by atoms with E-state index in [1.165, 1.54) is 0 Å². The zero-order valence-electron chi connectivity index (χ0n) is 12.7. The van der Waals surface area contributed by atoms with Gasteiger partial charge in [-0.25, -0.2) is 0 Å². The molecule has 2 atom stereocenters. The van der Waals surface area contributed by atoms with Crippen molar-refractivity contribution in [2.24, 2.45) is 5.73 Å². The molecule has 0 spiro atoms. The van der Waals surface area contributed by atoms with Crippen LogP contribution in [0.2, 0.25) is 0 Å². The predicted octanol–water partition coefficient (Wildman–Crippen LogP) is 1.63. The molecule has 1 saturated heterocycles. The Labute approximate surface area is 120 Å². The van der Waals surface area contributed by atoms with Gasteiger partial charge >= 0.3 is 0 Å². The summed E-state index contributed by atoms with van der Waals surface area (Å²) >= 11 is 0. The molecule has 1 aromatic carbocycles. The molecule has 2 rings (SSSR count). The van der Waals surface area contributed by atoms with Gasteiger partial charge in [0.25, 0.3) is 0 Å². The van der Waals surface area contributed by atoms with Crippen LogP contribution in [0.4, 0.5) is 0 Å². The zero-order chi connectivity index (χ0) is 14.7. The summed E-state index contributed by atoms with van der Waals surface area (Å²) in [6, 6.07) is 4.48. The summed E-state index contributed by atoms with van der Waals surface area (Å²) in [6.45, 7) is 3.99. The molecule has 1 aromatic rings. The van der Waals surface area contributed by atoms with E-state index in [4.69, 9.17) is 19.9 Å². The summed E-state index contributed by atoms with van der Waals surface area (Å²) in [5.74, 6) is 2.22. The number of rotatable bonds is 5. The molecule has 1 fully saturated rings. The Morgan fingerprint density at radius 1 is 1.10 bits per heavy atom. The first-order chi connectivity index (χ1) is 9.60. The molecule has 1 aliphatic heterocycles. The lowest BCUT2D eigenvalue weighted by molar-refractivity contribution is 0.246. The van der Waals surface area contributed by atoms with Crippen LogP contribution in [-0.2, 0) is 6.54 Å². The van der Waals surface area contributed by atoms with Crippen LogP contribution in [0.3, 0.4) is 0 Å². The van der Waals surface area contributed by atoms with Gasteiger partial charge in [-0.15, -0.1) is 0 Å². The Balaban J connectivity index is 2.26. The fraction of sp³-hybridized carbons (Fsp3) is 0.600. The number of benzene rings is 1. The minimum atomic E-state index is 0.251. The van der Waals surface area contributed by atoms with Gasteiger partial charge in [0.2, 0.25) is 0 Å². The molecule has 112 valence electrons. The van der Waals surface area contributed by atoms with E-state index in [9.17, 15) is 0 Å². The van der Waals surface area contributed by atoms with Crippen LogP contribution in [0.25, 0.3) is 0 Å². The van der Waals surface area contributed by atoms with Crippen LogP contribution in [0.5, 0.6) is 17.2 Å². The Morgan fingerprint density at radius 3 is 2.20 bits per heavy atom. The van der Waals surface area contributed by atoms with Crippen molar-refractivity contribution in [1.29, 1.82) is 0 Å². The molecule has 0 saturated carbocycles. The lowest BCUT2D eigenvalue weighted by Gasteiger charge is -2.24. The number of nitrogens with two attached hydrogens (primary N) is 1. The van der Waals surface area contributed by atoms with E-state index in [0.717, 1.165) is 36.6 Å². The van der Waals surface area contributed by atoms with Gasteiger partial charge < -0.3 is 19.9 Å². The van der Waals surface area contributed by atoms with Crippen molar-refractivity contribution < 1.29 is 14.2 Å². The van der Waals surface area contributed by atoms with Crippen molar-refractivity contribution in [3.63, 3.8) is 0 Å². The lowest BCUT2D eigenvalue weighted by atomic mass is 10.1. The maximum atomic E-state index is 6.08. The van der Waals surface area contributed by atoms with Gasteiger partial charge in [0.15, 0.2) is 11.5 Å². The Kier molecular flexibility index (Phi) is 4.73. The molecule has 0 radical (unpaired) electrons. The Hall–Kier alpha value is -1.46. The van der Waals surface area contributed by atoms with Crippen molar-refractivity contribution in [3.8, 4) is 17.2 Å². The molecule has 2 N–H and O–H groups in total. The van der Waals surface area contributed by atoms with Crippen LogP contribution in [0, 0.1) is 0 Å². The number of methoxy groups -OCH3 is 3. The van der Waals surface area contributed by atoms with Gasteiger partial charge in [-0.05, 0) is 19.4 Å². The highest BCUT2D eigenvalue weighted by molar-refractivity contribution is 5.50. The maximum absolute atomic E-state index is 6.08. The first-order valence-corrected chi connectivity index (χ1v) is 6.89. The molecule has 0 aliphatic carbocycles. The number of likely N-dealkylation sites (tertiary alicyclic amines) is 1. The molecule has 1 aliphatic rings. The fourth-order valence-corrected chi connectivity index (χ4v) is 2.69. The molecule has 5 heteroatoms. The highest BCUT2D eigenvalue weighted by Crippen LogP contribution is 2.36. The Morgan fingerprint density at radius 2 is 1.70 bits per heavy atom. The van der Waals surface area contributed by atoms with E-state index in [2.05, 4.69) is 11.8 Å². The topological polar surface area (TPSA) is 57.0 Å². The third-order valence-electron chi connectivity index (χ3n) is 4.11. The summed E-state index contributed by atoms with van der Waals surface area (Å²) in [5.41, 5.74) is 7.17. The van der Waals surface area contributed by atoms with Gasteiger partial charge in [-0.1, -0.05) is 0 Å². The van der Waals surface area contributed by atoms with Crippen molar-refractivity contribution in [2.75, 3.05) is 27.9 Å². The van der Waals surface area contributed by atoms with E-state index in [1.54, 1.807) is 21.3 Å². The van der Waals surface area contributed by atoms with Gasteiger partial charge in [0.05, 0.1) is 21.3 Å². The number of hydrogen-bond donors (Lipinski definition) is 1. The third-order valence-corrected chi connectivity index (χ3v) is 4.11. The quantitative estimate of drug-likeness (QED) is 0.888. The van der Waals surface area contributed by atoms with Crippen molar-refractivity contribution in [3.05, 3.63) is 17.7 Å². The molecule has 0 bridgehead atoms. The monoisotopic (exact) mass is 280 g/mol. The summed E-state index contributed by atoms with van der Waals surface area (Å²) in [5, 5.41) is 0. The number of ether oxygens (including phenoxy) is 3. The average molecular weight is 280 g/mol. The molecule has 0 amide bonds. The standard InChI is InChI=1S/C15H24N2O3/c1-10-12(16)5-6-17(10)9-11-7-14(19-3)15(20-4)8-13(11)18-2/h7-8,10,12H,5-6,9,16H2,1-4H3. The van der Waals surface area contributed by atoms with Crippen molar-refractivity contribution in [2.45, 2.75) is 32.0 Å². The number of hydrogen-bond acceptors (Lipinski definition) is 5. The minimum absolute atomic E-state index is 0.251. The second kappa shape index (κ2) is 6.33. The first kappa shape index (κ1) is 14.9. The predicted molar refractivity (Wildman–Crippen MR) is 78.6 cm³/mol.